The van der Waals surface area contributed by atoms with Gasteiger partial charge in [-0.2, -0.15) is 0 Å². The fraction of sp³-hybridized carbons (Fsp3) is 0.842. The Balaban J connectivity index is 0. The molecule has 0 saturated carbocycles. The van der Waals surface area contributed by atoms with Crippen molar-refractivity contribution in [3.8, 4) is 0 Å². The highest BCUT2D eigenvalue weighted by molar-refractivity contribution is 8.00. The predicted octanol–water partition coefficient (Wildman–Crippen LogP) is -0.0890. The van der Waals surface area contributed by atoms with Crippen molar-refractivity contribution in [3.63, 3.8) is 0 Å². The third-order valence-electron chi connectivity index (χ3n) is 3.52. The molecule has 0 radical (unpaired) electrons. The van der Waals surface area contributed by atoms with Crippen LogP contribution in [0.3, 0.4) is 0 Å². The van der Waals surface area contributed by atoms with Crippen LogP contribution in [-0.4, -0.2) is 81.7 Å². The zero-order valence-electron chi connectivity index (χ0n) is 18.3. The fourth-order valence-electron chi connectivity index (χ4n) is 1.93. The monoisotopic (exact) mass is 436 g/mol. The van der Waals surface area contributed by atoms with Gasteiger partial charge in [-0.1, -0.05) is 20.8 Å². The van der Waals surface area contributed by atoms with Crippen LogP contribution in [0.5, 0.6) is 0 Å². The molecule has 1 amide bonds. The van der Waals surface area contributed by atoms with Gasteiger partial charge in [0, 0.05) is 37.8 Å². The van der Waals surface area contributed by atoms with Crippen molar-refractivity contribution in [2.75, 3.05) is 52.4 Å². The summed E-state index contributed by atoms with van der Waals surface area (Å²) >= 11 is 1.22. The predicted molar refractivity (Wildman–Crippen MR) is 118 cm³/mol. The SMILES string of the molecule is CC(C)C(=O)C(N)CSC(CC=O)C(=O)NCCOCN.CCCOCCNC. The summed E-state index contributed by atoms with van der Waals surface area (Å²) in [6.07, 6.45) is 1.88. The van der Waals surface area contributed by atoms with Gasteiger partial charge in [0.05, 0.1) is 31.2 Å². The average Bonchev–Trinajstić information content (AvgIpc) is 2.71. The highest BCUT2D eigenvalue weighted by atomic mass is 32.2. The molecule has 0 spiro atoms. The van der Waals surface area contributed by atoms with E-state index in [1.165, 1.54) is 11.8 Å². The molecule has 0 aromatic heterocycles. The Morgan fingerprint density at radius 3 is 2.31 bits per heavy atom. The van der Waals surface area contributed by atoms with E-state index < -0.39 is 11.3 Å². The fourth-order valence-corrected chi connectivity index (χ4v) is 2.99. The highest BCUT2D eigenvalue weighted by Crippen LogP contribution is 2.16. The maximum atomic E-state index is 11.9. The zero-order valence-corrected chi connectivity index (χ0v) is 19.1. The summed E-state index contributed by atoms with van der Waals surface area (Å²) in [4.78, 5) is 34.2. The minimum atomic E-state index is -0.627. The lowest BCUT2D eigenvalue weighted by molar-refractivity contribution is -0.123. The average molecular weight is 437 g/mol. The first-order valence-corrected chi connectivity index (χ1v) is 11.0. The van der Waals surface area contributed by atoms with Gasteiger partial charge in [0.25, 0.3) is 0 Å². The summed E-state index contributed by atoms with van der Waals surface area (Å²) in [5, 5.41) is 5.11. The minimum absolute atomic E-state index is 0.0518. The van der Waals surface area contributed by atoms with Gasteiger partial charge in [0.15, 0.2) is 5.78 Å². The molecule has 10 heteroatoms. The molecule has 0 aromatic rings. The molecule has 0 bridgehead atoms. The smallest absolute Gasteiger partial charge is 0.233 e. The topological polar surface area (TPSA) is 146 Å². The molecule has 2 atom stereocenters. The second-order valence-corrected chi connectivity index (χ2v) is 7.71. The Labute approximate surface area is 179 Å². The minimum Gasteiger partial charge on any atom is -0.380 e. The van der Waals surface area contributed by atoms with Gasteiger partial charge < -0.3 is 36.4 Å². The Hall–Kier alpha value is -1.04. The van der Waals surface area contributed by atoms with Gasteiger partial charge in [0.1, 0.15) is 6.29 Å². The van der Waals surface area contributed by atoms with Crippen molar-refractivity contribution < 1.29 is 23.9 Å². The number of amides is 1. The lowest BCUT2D eigenvalue weighted by Gasteiger charge is -2.17. The van der Waals surface area contributed by atoms with E-state index in [2.05, 4.69) is 17.6 Å². The first-order chi connectivity index (χ1) is 13.8. The third kappa shape index (κ3) is 18.7. The number of Topliss-reactive ketones (excluding diaryl/α,β-unsaturated/α-hetero) is 1. The van der Waals surface area contributed by atoms with Crippen LogP contribution in [-0.2, 0) is 23.9 Å². The number of carbonyl (C=O) groups excluding carboxylic acids is 3. The maximum Gasteiger partial charge on any atom is 0.233 e. The zero-order chi connectivity index (χ0) is 22.5. The van der Waals surface area contributed by atoms with Crippen molar-refractivity contribution in [3.05, 3.63) is 0 Å². The molecule has 2 unspecified atom stereocenters. The number of ketones is 1. The van der Waals surface area contributed by atoms with Crippen LogP contribution in [0.4, 0.5) is 0 Å². The maximum absolute atomic E-state index is 11.9. The number of nitrogens with one attached hydrogen (secondary N) is 2. The van der Waals surface area contributed by atoms with Crippen molar-refractivity contribution in [2.24, 2.45) is 17.4 Å². The number of ether oxygens (including phenoxy) is 2. The normalized spacial score (nSPS) is 12.7. The van der Waals surface area contributed by atoms with Gasteiger partial charge in [-0.05, 0) is 13.5 Å². The van der Waals surface area contributed by atoms with Crippen LogP contribution in [0.1, 0.15) is 33.6 Å². The number of rotatable bonds is 17. The number of nitrogens with two attached hydrogens (primary N) is 2. The second kappa shape index (κ2) is 21.7. The van der Waals surface area contributed by atoms with E-state index in [0.29, 0.717) is 25.2 Å². The molecule has 6 N–H and O–H groups in total. The van der Waals surface area contributed by atoms with Gasteiger partial charge in [0.2, 0.25) is 5.91 Å². The van der Waals surface area contributed by atoms with Crippen LogP contribution >= 0.6 is 11.8 Å². The van der Waals surface area contributed by atoms with Gasteiger partial charge in [-0.3, -0.25) is 9.59 Å². The Bertz CT molecular complexity index is 421. The van der Waals surface area contributed by atoms with Crippen LogP contribution in [0.25, 0.3) is 0 Å². The van der Waals surface area contributed by atoms with Crippen LogP contribution in [0.2, 0.25) is 0 Å². The second-order valence-electron chi connectivity index (χ2n) is 6.47. The number of carbonyl (C=O) groups is 3. The first kappa shape index (κ1) is 30.2. The Morgan fingerprint density at radius 1 is 1.14 bits per heavy atom. The number of hydrogen-bond acceptors (Lipinski definition) is 9. The molecule has 172 valence electrons. The van der Waals surface area contributed by atoms with Crippen LogP contribution < -0.4 is 22.1 Å². The van der Waals surface area contributed by atoms with Crippen LogP contribution in [0.15, 0.2) is 0 Å². The molecule has 0 rings (SSSR count). The summed E-state index contributed by atoms with van der Waals surface area (Å²) in [6.45, 7) is 9.08. The lowest BCUT2D eigenvalue weighted by Crippen LogP contribution is -2.39. The van der Waals surface area contributed by atoms with E-state index in [0.717, 1.165) is 26.2 Å². The standard InChI is InChI=1S/C13H25N3O4S.C6H15NO/c1-9(2)12(18)10(15)7-21-11(3-5-17)13(19)16-4-6-20-8-14;1-3-5-8-6-4-7-2/h5,9-11H,3-4,6-8,14-15H2,1-2H3,(H,16,19);7H,3-6H2,1-2H3. The van der Waals surface area contributed by atoms with Crippen molar-refractivity contribution in [1.29, 1.82) is 0 Å². The van der Waals surface area contributed by atoms with Crippen molar-refractivity contribution >= 4 is 29.7 Å². The van der Waals surface area contributed by atoms with Crippen LogP contribution in [0, 0.1) is 5.92 Å². The quantitative estimate of drug-likeness (QED) is 0.140. The van der Waals surface area contributed by atoms with E-state index in [9.17, 15) is 14.4 Å². The number of likely N-dealkylation sites (N-methyl/N-ethyl adjacent to an activating group) is 1. The molecule has 0 heterocycles. The number of hydrogen-bond donors (Lipinski definition) is 4. The summed E-state index contributed by atoms with van der Waals surface area (Å²) in [6, 6.07) is -0.627. The van der Waals surface area contributed by atoms with E-state index in [-0.39, 0.29) is 30.8 Å². The van der Waals surface area contributed by atoms with Gasteiger partial charge in [-0.15, -0.1) is 11.8 Å². The Kier molecular flexibility index (Phi) is 22.5. The molecule has 29 heavy (non-hydrogen) atoms. The molecule has 0 aromatic carbocycles. The summed E-state index contributed by atoms with van der Waals surface area (Å²) in [5.74, 6) is -0.157. The molecular formula is C19H40N4O5S. The molecule has 0 aliphatic carbocycles. The summed E-state index contributed by atoms with van der Waals surface area (Å²) in [5.41, 5.74) is 10.9. The number of aldehydes is 1. The third-order valence-corrected chi connectivity index (χ3v) is 4.88. The van der Waals surface area contributed by atoms with E-state index in [1.807, 2.05) is 7.05 Å². The molecule has 0 aliphatic rings. The molecule has 9 nitrogen and oxygen atoms in total. The van der Waals surface area contributed by atoms with Crippen molar-refractivity contribution in [2.45, 2.75) is 44.9 Å². The highest BCUT2D eigenvalue weighted by Gasteiger charge is 2.23. The molecule has 0 fully saturated rings. The number of thioether (sulfide) groups is 1. The molecular weight excluding hydrogens is 396 g/mol. The lowest BCUT2D eigenvalue weighted by atomic mass is 10.0. The molecule has 0 saturated heterocycles. The first-order valence-electron chi connectivity index (χ1n) is 9.97. The van der Waals surface area contributed by atoms with E-state index in [1.54, 1.807) is 13.8 Å². The largest absolute Gasteiger partial charge is 0.380 e. The summed E-state index contributed by atoms with van der Waals surface area (Å²) < 4.78 is 10.1. The van der Waals surface area contributed by atoms with E-state index >= 15 is 0 Å². The Morgan fingerprint density at radius 2 is 1.79 bits per heavy atom. The molecule has 0 aliphatic heterocycles. The van der Waals surface area contributed by atoms with Crippen molar-refractivity contribution in [1.82, 2.24) is 10.6 Å². The van der Waals surface area contributed by atoms with E-state index in [4.69, 9.17) is 20.9 Å². The van der Waals surface area contributed by atoms with Gasteiger partial charge >= 0.3 is 0 Å². The van der Waals surface area contributed by atoms with Gasteiger partial charge in [-0.25, -0.2) is 0 Å². The summed E-state index contributed by atoms with van der Waals surface area (Å²) in [7, 11) is 1.93.